The maximum atomic E-state index is 10.6. The number of aromatic nitrogens is 3. The molecule has 1 aromatic heterocycles. The van der Waals surface area contributed by atoms with Crippen molar-refractivity contribution in [2.45, 2.75) is 39.3 Å². The summed E-state index contributed by atoms with van der Waals surface area (Å²) in [6.45, 7) is 6.05. The predicted molar refractivity (Wildman–Crippen MR) is 90.0 cm³/mol. The summed E-state index contributed by atoms with van der Waals surface area (Å²) < 4.78 is 1.73. The van der Waals surface area contributed by atoms with Gasteiger partial charge in [0.2, 0.25) is 0 Å². The van der Waals surface area contributed by atoms with Crippen LogP contribution in [0, 0.1) is 20.7 Å². The Bertz CT molecular complexity index is 628. The first-order valence-electron chi connectivity index (χ1n) is 7.19. The van der Waals surface area contributed by atoms with Gasteiger partial charge in [-0.25, -0.2) is 9.67 Å². The largest absolute Gasteiger partial charge is 1.00 e. The van der Waals surface area contributed by atoms with Crippen LogP contribution in [0.3, 0.4) is 0 Å². The predicted octanol–water partition coefficient (Wildman–Crippen LogP) is -0.113. The molecule has 0 aliphatic heterocycles. The monoisotopic (exact) mass is 394 g/mol. The first kappa shape index (κ1) is 24.4. The minimum atomic E-state index is -1.75. The van der Waals surface area contributed by atoms with E-state index < -0.39 is 11.2 Å². The smallest absolute Gasteiger partial charge is 0.390 e. The third kappa shape index (κ3) is 9.09. The Morgan fingerprint density at radius 1 is 1.28 bits per heavy atom. The second-order valence-corrected chi connectivity index (χ2v) is 6.74. The molecule has 8 nitrogen and oxygen atoms in total. The standard InChI is InChI=1S/C15H20ClN3O.K.NO3/c1-15(2,3)14(20)13(19-10-17-9-18-19)8-11-4-6-12(16)7-5-11;;2-1(3)4/h4-7,9-10,13-14,20H,8H2,1-3H3;;/q;+1;-1/t13-,14+;;/m0../s1. The molecule has 1 N–H and O–H groups in total. The number of benzene rings is 1. The van der Waals surface area contributed by atoms with Gasteiger partial charge in [-0.05, 0) is 29.5 Å². The number of nitrogens with zero attached hydrogens (tertiary/aromatic N) is 4. The van der Waals surface area contributed by atoms with E-state index in [0.717, 1.165) is 5.56 Å². The molecule has 132 valence electrons. The molecule has 0 bridgehead atoms. The van der Waals surface area contributed by atoms with E-state index in [4.69, 9.17) is 26.9 Å². The van der Waals surface area contributed by atoms with Gasteiger partial charge in [0.05, 0.1) is 17.2 Å². The summed E-state index contributed by atoms with van der Waals surface area (Å²) in [5.74, 6) is 0. The maximum absolute atomic E-state index is 10.6. The van der Waals surface area contributed by atoms with Crippen LogP contribution in [-0.4, -0.2) is 31.1 Å². The molecule has 2 aromatic rings. The fourth-order valence-electron chi connectivity index (χ4n) is 2.18. The Balaban J connectivity index is 0.00000104. The molecule has 0 aliphatic rings. The Kier molecular flexibility index (Phi) is 11.0. The van der Waals surface area contributed by atoms with Crippen LogP contribution in [0.15, 0.2) is 36.9 Å². The SMILES string of the molecule is CC(C)(C)[C@H](O)[C@H](Cc1ccc(Cl)cc1)n1cncn1.O=[N+]([O-])[O-].[K+]. The van der Waals surface area contributed by atoms with E-state index in [1.807, 2.05) is 45.0 Å². The van der Waals surface area contributed by atoms with Crippen LogP contribution in [0.5, 0.6) is 0 Å². The third-order valence-electron chi connectivity index (χ3n) is 3.39. The van der Waals surface area contributed by atoms with E-state index in [2.05, 4.69) is 10.1 Å². The van der Waals surface area contributed by atoms with Gasteiger partial charge in [0.1, 0.15) is 12.7 Å². The van der Waals surface area contributed by atoms with Gasteiger partial charge in [-0.1, -0.05) is 44.5 Å². The van der Waals surface area contributed by atoms with Gasteiger partial charge in [-0.3, -0.25) is 0 Å². The van der Waals surface area contributed by atoms with Crippen LogP contribution in [0.4, 0.5) is 0 Å². The average Bonchev–Trinajstić information content (AvgIpc) is 2.98. The van der Waals surface area contributed by atoms with E-state index in [-0.39, 0.29) is 62.8 Å². The maximum Gasteiger partial charge on any atom is 1.00 e. The van der Waals surface area contributed by atoms with Crippen molar-refractivity contribution in [2.75, 3.05) is 0 Å². The summed E-state index contributed by atoms with van der Waals surface area (Å²) >= 11 is 5.91. The first-order chi connectivity index (χ1) is 11.1. The van der Waals surface area contributed by atoms with Crippen LogP contribution in [-0.2, 0) is 6.42 Å². The van der Waals surface area contributed by atoms with Crippen molar-refractivity contribution in [2.24, 2.45) is 5.41 Å². The molecule has 0 unspecified atom stereocenters. The van der Waals surface area contributed by atoms with Gasteiger partial charge < -0.3 is 20.4 Å². The second kappa shape index (κ2) is 11.2. The van der Waals surface area contributed by atoms with Crippen molar-refractivity contribution in [1.29, 1.82) is 0 Å². The Hall–Kier alpha value is -0.554. The molecule has 0 saturated heterocycles. The van der Waals surface area contributed by atoms with Gasteiger partial charge in [0, 0.05) is 5.02 Å². The quantitative estimate of drug-likeness (QED) is 0.439. The first-order valence-corrected chi connectivity index (χ1v) is 7.57. The molecule has 1 aromatic carbocycles. The number of hydrogen-bond acceptors (Lipinski definition) is 6. The second-order valence-electron chi connectivity index (χ2n) is 6.31. The minimum Gasteiger partial charge on any atom is -0.390 e. The van der Waals surface area contributed by atoms with Crippen LogP contribution >= 0.6 is 11.6 Å². The zero-order valence-corrected chi connectivity index (χ0v) is 18.5. The van der Waals surface area contributed by atoms with Crippen molar-refractivity contribution in [3.05, 3.63) is 62.8 Å². The summed E-state index contributed by atoms with van der Waals surface area (Å²) in [6.07, 6.45) is 3.29. The van der Waals surface area contributed by atoms with Crippen molar-refractivity contribution >= 4 is 11.6 Å². The summed E-state index contributed by atoms with van der Waals surface area (Å²) in [5.41, 5.74) is 0.876. The number of aliphatic hydroxyl groups is 1. The molecule has 25 heavy (non-hydrogen) atoms. The van der Waals surface area contributed by atoms with Gasteiger partial charge in [0.15, 0.2) is 0 Å². The van der Waals surface area contributed by atoms with Crippen molar-refractivity contribution < 1.29 is 61.6 Å². The van der Waals surface area contributed by atoms with E-state index in [1.165, 1.54) is 6.33 Å². The molecule has 0 fully saturated rings. The van der Waals surface area contributed by atoms with Crippen molar-refractivity contribution in [3.8, 4) is 0 Å². The van der Waals surface area contributed by atoms with E-state index in [0.29, 0.717) is 11.4 Å². The molecule has 0 spiro atoms. The topological polar surface area (TPSA) is 117 Å². The molecule has 2 rings (SSSR count). The molecule has 2 atom stereocenters. The minimum absolute atomic E-state index is 0. The number of rotatable bonds is 4. The third-order valence-corrected chi connectivity index (χ3v) is 3.64. The Morgan fingerprint density at radius 2 is 1.80 bits per heavy atom. The number of aliphatic hydroxyl groups excluding tert-OH is 1. The molecule has 0 aliphatic carbocycles. The van der Waals surface area contributed by atoms with E-state index in [9.17, 15) is 5.11 Å². The molecule has 1 heterocycles. The van der Waals surface area contributed by atoms with E-state index >= 15 is 0 Å². The molecule has 10 heteroatoms. The molecular formula is C15H20ClKN4O4. The Labute approximate surface area is 193 Å². The van der Waals surface area contributed by atoms with Crippen LogP contribution in [0.25, 0.3) is 0 Å². The molecule has 0 radical (unpaired) electrons. The molecule has 0 saturated carbocycles. The normalized spacial score (nSPS) is 13.0. The number of halogens is 1. The summed E-state index contributed by atoms with van der Waals surface area (Å²) in [4.78, 5) is 12.2. The average molecular weight is 395 g/mol. The Morgan fingerprint density at radius 3 is 2.20 bits per heavy atom. The van der Waals surface area contributed by atoms with Crippen molar-refractivity contribution in [1.82, 2.24) is 14.8 Å². The van der Waals surface area contributed by atoms with Crippen LogP contribution in [0.1, 0.15) is 32.4 Å². The van der Waals surface area contributed by atoms with Crippen LogP contribution in [0.2, 0.25) is 5.02 Å². The zero-order valence-electron chi connectivity index (χ0n) is 14.7. The van der Waals surface area contributed by atoms with Crippen molar-refractivity contribution in [3.63, 3.8) is 0 Å². The molecular weight excluding hydrogens is 375 g/mol. The summed E-state index contributed by atoms with van der Waals surface area (Å²) in [5, 5.41) is 30.3. The fourth-order valence-corrected chi connectivity index (χ4v) is 2.30. The fraction of sp³-hybridized carbons (Fsp3) is 0.467. The van der Waals surface area contributed by atoms with Crippen LogP contribution < -0.4 is 51.4 Å². The van der Waals surface area contributed by atoms with Gasteiger partial charge in [0.25, 0.3) is 0 Å². The number of hydrogen-bond donors (Lipinski definition) is 1. The molecule has 0 amide bonds. The zero-order chi connectivity index (χ0) is 18.3. The van der Waals surface area contributed by atoms with Gasteiger partial charge in [-0.15, -0.1) is 0 Å². The summed E-state index contributed by atoms with van der Waals surface area (Å²) in [7, 11) is 0. The summed E-state index contributed by atoms with van der Waals surface area (Å²) in [6, 6.07) is 7.51. The van der Waals surface area contributed by atoms with Gasteiger partial charge >= 0.3 is 51.4 Å². The van der Waals surface area contributed by atoms with Gasteiger partial charge in [-0.2, -0.15) is 5.10 Å². The van der Waals surface area contributed by atoms with E-state index in [1.54, 1.807) is 11.0 Å².